The van der Waals surface area contributed by atoms with Gasteiger partial charge in [0, 0.05) is 20.0 Å². The quantitative estimate of drug-likeness (QED) is 0.845. The Labute approximate surface area is 115 Å². The summed E-state index contributed by atoms with van der Waals surface area (Å²) in [5.74, 6) is -0.109. The minimum atomic E-state index is -0.947. The number of rotatable bonds is 4. The molecule has 0 spiro atoms. The smallest absolute Gasteiger partial charge is 0.0891 e. The van der Waals surface area contributed by atoms with Gasteiger partial charge in [-0.3, -0.25) is 0 Å². The summed E-state index contributed by atoms with van der Waals surface area (Å²) in [5, 5.41) is 10.5. The van der Waals surface area contributed by atoms with E-state index in [9.17, 15) is 5.11 Å². The average Bonchev–Trinajstić information content (AvgIpc) is 2.35. The second kappa shape index (κ2) is 6.12. The van der Waals surface area contributed by atoms with E-state index in [1.807, 2.05) is 68.4 Å². The third-order valence-electron chi connectivity index (χ3n) is 3.10. The van der Waals surface area contributed by atoms with Gasteiger partial charge in [-0.1, -0.05) is 61.6 Å². The van der Waals surface area contributed by atoms with Crippen molar-refractivity contribution in [3.63, 3.8) is 0 Å². The summed E-state index contributed by atoms with van der Waals surface area (Å²) in [5.41, 5.74) is 0.123. The molecule has 1 N–H and O–H groups in total. The molecule has 1 aromatic rings. The van der Waals surface area contributed by atoms with Gasteiger partial charge in [-0.2, -0.15) is 0 Å². The maximum absolute atomic E-state index is 10.5. The Morgan fingerprint density at radius 2 is 1.89 bits per heavy atom. The van der Waals surface area contributed by atoms with E-state index in [4.69, 9.17) is 12.2 Å². The second-order valence-electron chi connectivity index (χ2n) is 4.92. The van der Waals surface area contributed by atoms with Crippen LogP contribution < -0.4 is 0 Å². The molecule has 2 atom stereocenters. The summed E-state index contributed by atoms with van der Waals surface area (Å²) >= 11 is 5.31. The molecule has 2 unspecified atom stereocenters. The van der Waals surface area contributed by atoms with Gasteiger partial charge in [-0.25, -0.2) is 0 Å². The van der Waals surface area contributed by atoms with Crippen molar-refractivity contribution in [2.75, 3.05) is 14.1 Å². The van der Waals surface area contributed by atoms with Crippen molar-refractivity contribution in [1.82, 2.24) is 4.90 Å². The van der Waals surface area contributed by atoms with Crippen molar-refractivity contribution in [1.29, 1.82) is 0 Å². The third kappa shape index (κ3) is 3.93. The number of thiocarbonyl (C=S) groups is 1. The number of nitrogens with zero attached hydrogens (tertiary/aromatic N) is 1. The third-order valence-corrected chi connectivity index (χ3v) is 3.82. The minimum absolute atomic E-state index is 0.109. The first-order valence-electron chi connectivity index (χ1n) is 6.02. The first kappa shape index (κ1) is 14.9. The van der Waals surface area contributed by atoms with Crippen LogP contribution in [0.25, 0.3) is 6.08 Å². The van der Waals surface area contributed by atoms with Crippen molar-refractivity contribution in [2.24, 2.45) is 5.92 Å². The molecule has 1 rings (SSSR count). The fourth-order valence-electron chi connectivity index (χ4n) is 1.61. The summed E-state index contributed by atoms with van der Waals surface area (Å²) in [7, 11) is 3.80. The lowest BCUT2D eigenvalue weighted by Gasteiger charge is -2.30. The van der Waals surface area contributed by atoms with Gasteiger partial charge in [0.15, 0.2) is 0 Å². The van der Waals surface area contributed by atoms with Crippen LogP contribution in [-0.2, 0) is 0 Å². The van der Waals surface area contributed by atoms with E-state index >= 15 is 0 Å². The van der Waals surface area contributed by atoms with Gasteiger partial charge in [-0.05, 0) is 12.5 Å². The molecule has 0 saturated heterocycles. The molecule has 2 nitrogen and oxygen atoms in total. The number of benzene rings is 1. The summed E-state index contributed by atoms with van der Waals surface area (Å²) in [6.07, 6.45) is 3.73. The van der Waals surface area contributed by atoms with Crippen LogP contribution in [0.5, 0.6) is 0 Å². The summed E-state index contributed by atoms with van der Waals surface area (Å²) < 4.78 is 0. The van der Waals surface area contributed by atoms with Gasteiger partial charge in [0.05, 0.1) is 10.6 Å². The van der Waals surface area contributed by atoms with Crippen LogP contribution in [0.3, 0.4) is 0 Å². The van der Waals surface area contributed by atoms with E-state index in [1.54, 1.807) is 6.92 Å². The van der Waals surface area contributed by atoms with Crippen LogP contribution in [0.2, 0.25) is 0 Å². The highest BCUT2D eigenvalue weighted by Crippen LogP contribution is 2.22. The van der Waals surface area contributed by atoms with Gasteiger partial charge in [0.1, 0.15) is 0 Å². The normalized spacial score (nSPS) is 16.3. The topological polar surface area (TPSA) is 23.5 Å². The number of hydrogen-bond acceptors (Lipinski definition) is 2. The molecule has 0 saturated carbocycles. The number of aliphatic hydroxyl groups is 1. The minimum Gasteiger partial charge on any atom is -0.385 e. The van der Waals surface area contributed by atoms with Crippen LogP contribution in [-0.4, -0.2) is 34.7 Å². The standard InChI is InChI=1S/C15H21NOS/c1-12(14(18)16(3)4)15(2,17)11-10-13-8-6-5-7-9-13/h5-12,17H,1-4H3/b11-10+. The molecule has 0 aromatic heterocycles. The predicted molar refractivity (Wildman–Crippen MR) is 81.5 cm³/mol. The summed E-state index contributed by atoms with van der Waals surface area (Å²) in [4.78, 5) is 2.61. The van der Waals surface area contributed by atoms with Gasteiger partial charge in [-0.15, -0.1) is 0 Å². The van der Waals surface area contributed by atoms with Crippen molar-refractivity contribution < 1.29 is 5.11 Å². The van der Waals surface area contributed by atoms with Crippen molar-refractivity contribution in [2.45, 2.75) is 19.4 Å². The van der Waals surface area contributed by atoms with Crippen LogP contribution in [0.1, 0.15) is 19.4 Å². The van der Waals surface area contributed by atoms with Crippen LogP contribution in [0.4, 0.5) is 0 Å². The maximum atomic E-state index is 10.5. The monoisotopic (exact) mass is 263 g/mol. The van der Waals surface area contributed by atoms with E-state index in [-0.39, 0.29) is 5.92 Å². The Bertz CT molecular complexity index is 423. The van der Waals surface area contributed by atoms with Gasteiger partial charge >= 0.3 is 0 Å². The highest BCUT2D eigenvalue weighted by atomic mass is 32.1. The number of hydrogen-bond donors (Lipinski definition) is 1. The predicted octanol–water partition coefficient (Wildman–Crippen LogP) is 2.98. The molecule has 0 aliphatic heterocycles. The molecule has 0 aliphatic rings. The second-order valence-corrected chi connectivity index (χ2v) is 5.34. The summed E-state index contributed by atoms with van der Waals surface area (Å²) in [6, 6.07) is 9.92. The van der Waals surface area contributed by atoms with Gasteiger partial charge in [0.2, 0.25) is 0 Å². The van der Waals surface area contributed by atoms with Gasteiger partial charge in [0.25, 0.3) is 0 Å². The zero-order chi connectivity index (χ0) is 13.8. The molecule has 1 aromatic carbocycles. The molecule has 0 fully saturated rings. The Morgan fingerprint density at radius 3 is 2.39 bits per heavy atom. The zero-order valence-electron chi connectivity index (χ0n) is 11.4. The lowest BCUT2D eigenvalue weighted by Crippen LogP contribution is -2.40. The molecular formula is C15H21NOS. The molecule has 18 heavy (non-hydrogen) atoms. The van der Waals surface area contributed by atoms with E-state index in [0.29, 0.717) is 0 Å². The molecular weight excluding hydrogens is 242 g/mol. The Kier molecular flexibility index (Phi) is 5.05. The SMILES string of the molecule is CC(C(=S)N(C)C)C(C)(O)/C=C/c1ccccc1. The highest BCUT2D eigenvalue weighted by Gasteiger charge is 2.29. The molecule has 0 aliphatic carbocycles. The first-order valence-corrected chi connectivity index (χ1v) is 6.43. The van der Waals surface area contributed by atoms with Crippen LogP contribution >= 0.6 is 12.2 Å². The molecule has 0 amide bonds. The van der Waals surface area contributed by atoms with Crippen molar-refractivity contribution in [3.8, 4) is 0 Å². The molecule has 3 heteroatoms. The Morgan fingerprint density at radius 1 is 1.33 bits per heavy atom. The molecule has 0 heterocycles. The lowest BCUT2D eigenvalue weighted by molar-refractivity contribution is 0.0802. The van der Waals surface area contributed by atoms with E-state index in [1.165, 1.54) is 0 Å². The maximum Gasteiger partial charge on any atom is 0.0891 e. The zero-order valence-corrected chi connectivity index (χ0v) is 12.2. The Hall–Kier alpha value is -1.19. The highest BCUT2D eigenvalue weighted by molar-refractivity contribution is 7.80. The fraction of sp³-hybridized carbons (Fsp3) is 0.400. The molecule has 0 radical (unpaired) electrons. The van der Waals surface area contributed by atoms with Crippen molar-refractivity contribution in [3.05, 3.63) is 42.0 Å². The van der Waals surface area contributed by atoms with E-state index in [0.717, 1.165) is 10.6 Å². The first-order chi connectivity index (χ1) is 8.34. The van der Waals surface area contributed by atoms with Crippen LogP contribution in [0, 0.1) is 5.92 Å². The molecule has 0 bridgehead atoms. The average molecular weight is 263 g/mol. The lowest BCUT2D eigenvalue weighted by atomic mass is 9.89. The van der Waals surface area contributed by atoms with Gasteiger partial charge < -0.3 is 10.0 Å². The van der Waals surface area contributed by atoms with E-state index in [2.05, 4.69) is 0 Å². The fourth-order valence-corrected chi connectivity index (χ4v) is 1.85. The van der Waals surface area contributed by atoms with E-state index < -0.39 is 5.60 Å². The van der Waals surface area contributed by atoms with Crippen molar-refractivity contribution >= 4 is 23.3 Å². The van der Waals surface area contributed by atoms with Crippen LogP contribution in [0.15, 0.2) is 36.4 Å². The largest absolute Gasteiger partial charge is 0.385 e. The summed E-state index contributed by atoms with van der Waals surface area (Å²) in [6.45, 7) is 3.73. The Balaban J connectivity index is 2.81. The molecule has 98 valence electrons.